The number of hydrogen-bond acceptors (Lipinski definition) is 7. The number of rotatable bonds is 5. The molecule has 0 unspecified atom stereocenters. The molecule has 0 spiro atoms. The van der Waals surface area contributed by atoms with Crippen molar-refractivity contribution in [2.24, 2.45) is 0 Å². The number of para-hydroxylation sites is 2. The minimum Gasteiger partial charge on any atom is -0.396 e. The molecular weight excluding hydrogens is 560 g/mol. The molecule has 0 aromatic heterocycles. The maximum absolute atomic E-state index is 14.3. The molecule has 4 saturated heterocycles. The summed E-state index contributed by atoms with van der Waals surface area (Å²) >= 11 is 0. The standard InChI is InChI=1S/C33H38N6O5/c1-18-26(41)38-24(28(43)36(18)3)16-32(20-10-4-6-12-22(20)34-30(32)38)33-17-25-29(44)37(14-8-9-15-40)19(2)27(42)39(25)31(33)35-23-13-7-5-11-21(23)33/h4-7,10-13,18-19,24-25,30-31,34-35,40H,8-9,14-17H2,1-3H3/t18-,19-,24-,25-,30+,31+,32+,33-/m0/s1. The quantitative estimate of drug-likeness (QED) is 0.445. The van der Waals surface area contributed by atoms with Crippen molar-refractivity contribution in [1.82, 2.24) is 19.6 Å². The number of nitrogens with zero attached hydrogens (tertiary/aromatic N) is 4. The van der Waals surface area contributed by atoms with Gasteiger partial charge in [0.05, 0.1) is 10.8 Å². The first-order valence-corrected chi connectivity index (χ1v) is 15.7. The number of anilines is 2. The van der Waals surface area contributed by atoms with E-state index in [9.17, 15) is 24.3 Å². The molecule has 3 N–H and O–H groups in total. The van der Waals surface area contributed by atoms with E-state index in [-0.39, 0.29) is 30.2 Å². The molecule has 230 valence electrons. The Labute approximate surface area is 256 Å². The summed E-state index contributed by atoms with van der Waals surface area (Å²) in [4.78, 5) is 63.4. The van der Waals surface area contributed by atoms with Gasteiger partial charge in [0, 0.05) is 31.6 Å². The highest BCUT2D eigenvalue weighted by Gasteiger charge is 2.78. The van der Waals surface area contributed by atoms with Gasteiger partial charge in [-0.15, -0.1) is 0 Å². The molecule has 0 aliphatic carbocycles. The zero-order valence-corrected chi connectivity index (χ0v) is 25.2. The monoisotopic (exact) mass is 598 g/mol. The molecule has 2 aromatic carbocycles. The number of unbranched alkanes of at least 4 members (excludes halogenated alkanes) is 1. The van der Waals surface area contributed by atoms with Gasteiger partial charge >= 0.3 is 0 Å². The average molecular weight is 599 g/mol. The summed E-state index contributed by atoms with van der Waals surface area (Å²) < 4.78 is 0. The maximum Gasteiger partial charge on any atom is 0.247 e. The van der Waals surface area contributed by atoms with E-state index in [1.54, 1.807) is 40.5 Å². The first-order valence-electron chi connectivity index (χ1n) is 15.7. The van der Waals surface area contributed by atoms with Gasteiger partial charge < -0.3 is 35.3 Å². The fourth-order valence-electron chi connectivity index (χ4n) is 9.60. The van der Waals surface area contributed by atoms with Crippen LogP contribution in [0, 0.1) is 0 Å². The van der Waals surface area contributed by atoms with Gasteiger partial charge in [-0.05, 0) is 62.8 Å². The number of nitrogens with one attached hydrogen (secondary N) is 2. The third-order valence-corrected chi connectivity index (χ3v) is 11.7. The number of hydrogen-bond donors (Lipinski definition) is 3. The van der Waals surface area contributed by atoms with Crippen LogP contribution in [0.2, 0.25) is 0 Å². The van der Waals surface area contributed by atoms with Gasteiger partial charge in [-0.1, -0.05) is 36.4 Å². The number of piperazine rings is 2. The predicted octanol–water partition coefficient (Wildman–Crippen LogP) is 1.43. The fourth-order valence-corrected chi connectivity index (χ4v) is 9.60. The number of likely N-dealkylation sites (N-methyl/N-ethyl adjacent to an activating group) is 1. The van der Waals surface area contributed by atoms with E-state index in [2.05, 4.69) is 22.8 Å². The summed E-state index contributed by atoms with van der Waals surface area (Å²) in [5.41, 5.74) is 2.17. The molecular formula is C33H38N6O5. The van der Waals surface area contributed by atoms with E-state index < -0.39 is 47.3 Å². The van der Waals surface area contributed by atoms with Gasteiger partial charge in [0.25, 0.3) is 0 Å². The Bertz CT molecular complexity index is 1610. The largest absolute Gasteiger partial charge is 0.396 e. The molecule has 0 bridgehead atoms. The molecule has 4 fully saturated rings. The van der Waals surface area contributed by atoms with Gasteiger partial charge in [0.2, 0.25) is 23.6 Å². The summed E-state index contributed by atoms with van der Waals surface area (Å²) in [5, 5.41) is 16.7. The minimum atomic E-state index is -0.829. The Kier molecular flexibility index (Phi) is 5.73. The van der Waals surface area contributed by atoms with Crippen LogP contribution in [0.15, 0.2) is 48.5 Å². The van der Waals surface area contributed by atoms with Crippen molar-refractivity contribution in [3.8, 4) is 0 Å². The van der Waals surface area contributed by atoms with E-state index in [1.165, 1.54) is 0 Å². The Morgan fingerprint density at radius 2 is 1.23 bits per heavy atom. The van der Waals surface area contributed by atoms with Crippen molar-refractivity contribution in [3.05, 3.63) is 59.7 Å². The zero-order chi connectivity index (χ0) is 30.7. The van der Waals surface area contributed by atoms with Crippen molar-refractivity contribution in [3.63, 3.8) is 0 Å². The topological polar surface area (TPSA) is 126 Å². The molecule has 11 nitrogen and oxygen atoms in total. The number of aliphatic hydroxyl groups excluding tert-OH is 1. The van der Waals surface area contributed by atoms with Crippen molar-refractivity contribution in [2.75, 3.05) is 30.8 Å². The Morgan fingerprint density at radius 1 is 0.727 bits per heavy atom. The molecule has 6 heterocycles. The Hall–Kier alpha value is -4.12. The second-order valence-corrected chi connectivity index (χ2v) is 13.3. The predicted molar refractivity (Wildman–Crippen MR) is 161 cm³/mol. The molecule has 8 rings (SSSR count). The normalized spacial score (nSPS) is 36.5. The van der Waals surface area contributed by atoms with Crippen molar-refractivity contribution in [2.45, 2.75) is 86.9 Å². The van der Waals surface area contributed by atoms with E-state index in [4.69, 9.17) is 0 Å². The first kappa shape index (κ1) is 27.4. The number of amides is 4. The lowest BCUT2D eigenvalue weighted by Gasteiger charge is -2.48. The second kappa shape index (κ2) is 9.20. The highest BCUT2D eigenvalue weighted by atomic mass is 16.3. The number of fused-ring (bicyclic) bond motifs is 11. The van der Waals surface area contributed by atoms with Gasteiger partial charge in [0.1, 0.15) is 36.5 Å². The number of carbonyl (C=O) groups is 4. The van der Waals surface area contributed by atoms with Crippen LogP contribution < -0.4 is 10.6 Å². The molecule has 0 saturated carbocycles. The number of benzene rings is 2. The summed E-state index contributed by atoms with van der Waals surface area (Å²) in [6, 6.07) is 13.5. The highest BCUT2D eigenvalue weighted by molar-refractivity contribution is 6.01. The van der Waals surface area contributed by atoms with Crippen LogP contribution in [0.1, 0.15) is 50.7 Å². The smallest absolute Gasteiger partial charge is 0.247 e. The minimum absolute atomic E-state index is 0.0328. The van der Waals surface area contributed by atoms with Crippen LogP contribution in [-0.2, 0) is 30.0 Å². The van der Waals surface area contributed by atoms with Crippen LogP contribution in [0.5, 0.6) is 0 Å². The Morgan fingerprint density at radius 3 is 1.77 bits per heavy atom. The van der Waals surface area contributed by atoms with Crippen LogP contribution in [-0.4, -0.2) is 105 Å². The summed E-state index contributed by atoms with van der Waals surface area (Å²) in [6.45, 7) is 3.99. The van der Waals surface area contributed by atoms with Crippen molar-refractivity contribution in [1.29, 1.82) is 0 Å². The van der Waals surface area contributed by atoms with Gasteiger partial charge in [0.15, 0.2) is 0 Å². The van der Waals surface area contributed by atoms with E-state index in [0.29, 0.717) is 32.2 Å². The van der Waals surface area contributed by atoms with E-state index in [1.807, 2.05) is 36.4 Å². The van der Waals surface area contributed by atoms with Crippen molar-refractivity contribution < 1.29 is 24.3 Å². The SMILES string of the molecule is C[C@H]1C(=O)N2[C@H]3Nc4ccccc4[C@]3([C@]34C[C@H]5C(=O)N(CCCCO)[C@@H](C)C(=O)N5[C@H]3Nc3ccccc34)C[C@H]2C(=O)N1C. The van der Waals surface area contributed by atoms with Crippen molar-refractivity contribution >= 4 is 35.0 Å². The fraction of sp³-hybridized carbons (Fsp3) is 0.515. The molecule has 4 amide bonds. The molecule has 8 atom stereocenters. The van der Waals surface area contributed by atoms with Gasteiger partial charge in [-0.2, -0.15) is 0 Å². The number of aliphatic hydroxyl groups is 1. The third-order valence-electron chi connectivity index (χ3n) is 11.7. The lowest BCUT2D eigenvalue weighted by molar-refractivity contribution is -0.160. The lowest BCUT2D eigenvalue weighted by Crippen LogP contribution is -2.66. The second-order valence-electron chi connectivity index (χ2n) is 13.3. The molecule has 0 radical (unpaired) electrons. The van der Waals surface area contributed by atoms with Gasteiger partial charge in [-0.3, -0.25) is 19.2 Å². The summed E-state index contributed by atoms with van der Waals surface area (Å²) in [5.74, 6) is -0.410. The van der Waals surface area contributed by atoms with E-state index in [0.717, 1.165) is 22.5 Å². The molecule has 11 heteroatoms. The molecule has 6 aliphatic heterocycles. The molecule has 44 heavy (non-hydrogen) atoms. The van der Waals surface area contributed by atoms with Crippen LogP contribution >= 0.6 is 0 Å². The van der Waals surface area contributed by atoms with Crippen LogP contribution in [0.3, 0.4) is 0 Å². The van der Waals surface area contributed by atoms with Gasteiger partial charge in [-0.25, -0.2) is 0 Å². The van der Waals surface area contributed by atoms with Crippen LogP contribution in [0.25, 0.3) is 0 Å². The highest BCUT2D eigenvalue weighted by Crippen LogP contribution is 2.69. The molecule has 2 aromatic rings. The average Bonchev–Trinajstić information content (AvgIpc) is 3.74. The van der Waals surface area contributed by atoms with Crippen LogP contribution in [0.4, 0.5) is 11.4 Å². The van der Waals surface area contributed by atoms with E-state index >= 15 is 0 Å². The summed E-state index contributed by atoms with van der Waals surface area (Å²) in [7, 11) is 1.69. The zero-order valence-electron chi connectivity index (χ0n) is 25.2. The molecule has 6 aliphatic rings. The lowest BCUT2D eigenvalue weighted by atomic mass is 9.54. The Balaban J connectivity index is 1.35. The maximum atomic E-state index is 14.3. The number of carbonyl (C=O) groups excluding carboxylic acids is 4. The summed E-state index contributed by atoms with van der Waals surface area (Å²) in [6.07, 6.45) is 0.793. The third kappa shape index (κ3) is 3.05. The first-order chi connectivity index (χ1) is 21.2.